The third-order valence-electron chi connectivity index (χ3n) is 2.24. The summed E-state index contributed by atoms with van der Waals surface area (Å²) >= 11 is 0. The smallest absolute Gasteiger partial charge is 0.274 e. The van der Waals surface area contributed by atoms with Crippen LogP contribution in [0.2, 0.25) is 0 Å². The minimum atomic E-state index is -0.543. The number of carbonyl (C=O) groups is 2. The van der Waals surface area contributed by atoms with Gasteiger partial charge in [-0.2, -0.15) is 0 Å². The summed E-state index contributed by atoms with van der Waals surface area (Å²) in [4.78, 5) is 32.4. The molecule has 0 aliphatic rings. The third-order valence-corrected chi connectivity index (χ3v) is 2.24. The lowest BCUT2D eigenvalue weighted by molar-refractivity contribution is -0.385. The van der Waals surface area contributed by atoms with Crippen LogP contribution in [0, 0.1) is 17.0 Å². The van der Waals surface area contributed by atoms with Gasteiger partial charge in [-0.05, 0) is 13.0 Å². The lowest BCUT2D eigenvalue weighted by Gasteiger charge is -2.13. The molecule has 1 aromatic carbocycles. The highest BCUT2D eigenvalue weighted by Gasteiger charge is 2.18. The number of anilines is 2. The van der Waals surface area contributed by atoms with Gasteiger partial charge in [0.15, 0.2) is 0 Å². The molecule has 0 atom stereocenters. The number of nitrogens with zero attached hydrogens (tertiary/aromatic N) is 1. The fourth-order valence-corrected chi connectivity index (χ4v) is 1.53. The van der Waals surface area contributed by atoms with Crippen LogP contribution in [0.25, 0.3) is 0 Å². The number of hydrogen-bond acceptors (Lipinski definition) is 4. The summed E-state index contributed by atoms with van der Waals surface area (Å²) in [5.74, 6) is -0.694. The van der Waals surface area contributed by atoms with Gasteiger partial charge in [0.1, 0.15) is 0 Å². The van der Waals surface area contributed by atoms with E-state index in [-0.39, 0.29) is 23.2 Å². The van der Waals surface area contributed by atoms with E-state index in [0.717, 1.165) is 0 Å². The Morgan fingerprint density at radius 3 is 2.17 bits per heavy atom. The van der Waals surface area contributed by atoms with Crippen LogP contribution in [0.3, 0.4) is 0 Å². The second kappa shape index (κ2) is 5.26. The lowest BCUT2D eigenvalue weighted by atomic mass is 10.1. The molecule has 0 bridgehead atoms. The normalized spacial score (nSPS) is 9.72. The lowest BCUT2D eigenvalue weighted by Crippen LogP contribution is -2.14. The van der Waals surface area contributed by atoms with Gasteiger partial charge in [-0.1, -0.05) is 0 Å². The van der Waals surface area contributed by atoms with Gasteiger partial charge in [-0.3, -0.25) is 19.7 Å². The summed E-state index contributed by atoms with van der Waals surface area (Å²) in [5, 5.41) is 15.8. The van der Waals surface area contributed by atoms with E-state index in [2.05, 4.69) is 10.6 Å². The second-order valence-corrected chi connectivity index (χ2v) is 3.75. The predicted molar refractivity (Wildman–Crippen MR) is 66.4 cm³/mol. The van der Waals surface area contributed by atoms with Gasteiger partial charge >= 0.3 is 0 Å². The van der Waals surface area contributed by atoms with Crippen molar-refractivity contribution in [2.24, 2.45) is 0 Å². The first-order valence-electron chi connectivity index (χ1n) is 5.16. The molecule has 2 N–H and O–H groups in total. The van der Waals surface area contributed by atoms with Crippen LogP contribution in [0.5, 0.6) is 0 Å². The molecule has 2 amide bonds. The Morgan fingerprint density at radius 2 is 1.72 bits per heavy atom. The number of hydrogen-bond donors (Lipinski definition) is 2. The molecule has 0 heterocycles. The molecule has 7 heteroatoms. The van der Waals surface area contributed by atoms with Crippen LogP contribution < -0.4 is 10.6 Å². The van der Waals surface area contributed by atoms with Gasteiger partial charge in [-0.15, -0.1) is 0 Å². The molecule has 0 saturated heterocycles. The summed E-state index contributed by atoms with van der Waals surface area (Å²) in [6.45, 7) is 4.11. The highest BCUT2D eigenvalue weighted by molar-refractivity contribution is 5.99. The molecule has 0 spiro atoms. The van der Waals surface area contributed by atoms with Crippen molar-refractivity contribution in [3.05, 3.63) is 27.8 Å². The average molecular weight is 251 g/mol. The van der Waals surface area contributed by atoms with Gasteiger partial charge in [0.25, 0.3) is 5.69 Å². The monoisotopic (exact) mass is 251 g/mol. The number of nitro groups is 1. The molecule has 0 saturated carbocycles. The maximum absolute atomic E-state index is 11.1. The topological polar surface area (TPSA) is 101 Å². The zero-order chi connectivity index (χ0) is 13.9. The van der Waals surface area contributed by atoms with Crippen molar-refractivity contribution < 1.29 is 14.5 Å². The fourth-order valence-electron chi connectivity index (χ4n) is 1.53. The molecule has 0 fully saturated rings. The minimum absolute atomic E-state index is 0.118. The van der Waals surface area contributed by atoms with Crippen molar-refractivity contribution in [1.29, 1.82) is 0 Å². The Bertz CT molecular complexity index is 525. The molecule has 1 aromatic rings. The average Bonchev–Trinajstić information content (AvgIpc) is 2.21. The first-order chi connectivity index (χ1) is 8.32. The molecule has 0 unspecified atom stereocenters. The van der Waals surface area contributed by atoms with Crippen LogP contribution in [-0.4, -0.2) is 16.7 Å². The summed E-state index contributed by atoms with van der Waals surface area (Å²) in [7, 11) is 0. The quantitative estimate of drug-likeness (QED) is 0.631. The molecule has 18 heavy (non-hydrogen) atoms. The van der Waals surface area contributed by atoms with Crippen molar-refractivity contribution in [3.63, 3.8) is 0 Å². The molecule has 1 rings (SSSR count). The predicted octanol–water partition coefficient (Wildman–Crippen LogP) is 1.82. The van der Waals surface area contributed by atoms with E-state index in [1.807, 2.05) is 0 Å². The summed E-state index contributed by atoms with van der Waals surface area (Å²) in [5.41, 5.74) is 0.752. The zero-order valence-corrected chi connectivity index (χ0v) is 10.2. The SMILES string of the molecule is CC(=O)Nc1ccc([N+](=O)[O-])c(C)c1NC(C)=O. The minimum Gasteiger partial charge on any atom is -0.325 e. The molecule has 96 valence electrons. The highest BCUT2D eigenvalue weighted by atomic mass is 16.6. The van der Waals surface area contributed by atoms with Crippen LogP contribution in [-0.2, 0) is 9.59 Å². The summed E-state index contributed by atoms with van der Waals surface area (Å²) in [6.07, 6.45) is 0. The van der Waals surface area contributed by atoms with Crippen LogP contribution in [0.1, 0.15) is 19.4 Å². The van der Waals surface area contributed by atoms with Crippen molar-refractivity contribution in [2.75, 3.05) is 10.6 Å². The molecule has 0 aliphatic heterocycles. The first-order valence-corrected chi connectivity index (χ1v) is 5.16. The Kier molecular flexibility index (Phi) is 3.98. The Hall–Kier alpha value is -2.44. The zero-order valence-electron chi connectivity index (χ0n) is 10.2. The van der Waals surface area contributed by atoms with Crippen molar-refractivity contribution in [2.45, 2.75) is 20.8 Å². The van der Waals surface area contributed by atoms with E-state index in [0.29, 0.717) is 11.3 Å². The van der Waals surface area contributed by atoms with E-state index in [1.54, 1.807) is 0 Å². The second-order valence-electron chi connectivity index (χ2n) is 3.75. The maximum atomic E-state index is 11.1. The van der Waals surface area contributed by atoms with Gasteiger partial charge < -0.3 is 10.6 Å². The number of rotatable bonds is 3. The molecule has 0 aromatic heterocycles. The van der Waals surface area contributed by atoms with Gasteiger partial charge in [0.2, 0.25) is 11.8 Å². The maximum Gasteiger partial charge on any atom is 0.274 e. The van der Waals surface area contributed by atoms with Crippen LogP contribution in [0.15, 0.2) is 12.1 Å². The van der Waals surface area contributed by atoms with Gasteiger partial charge in [-0.25, -0.2) is 0 Å². The Labute approximate surface area is 103 Å². The van der Waals surface area contributed by atoms with E-state index in [4.69, 9.17) is 0 Å². The van der Waals surface area contributed by atoms with Crippen LogP contribution in [0.4, 0.5) is 17.1 Å². The molecule has 0 aliphatic carbocycles. The number of nitrogens with one attached hydrogen (secondary N) is 2. The molecular formula is C11H13N3O4. The van der Waals surface area contributed by atoms with E-state index >= 15 is 0 Å². The van der Waals surface area contributed by atoms with Crippen LogP contribution >= 0.6 is 0 Å². The highest BCUT2D eigenvalue weighted by Crippen LogP contribution is 2.32. The standard InChI is InChI=1S/C11H13N3O4/c1-6-10(14(17)18)5-4-9(12-7(2)15)11(6)13-8(3)16/h4-5H,1-3H3,(H,12,15)(H,13,16). The van der Waals surface area contributed by atoms with Gasteiger partial charge in [0.05, 0.1) is 21.9 Å². The number of nitro benzene ring substituents is 1. The molecule has 7 nitrogen and oxygen atoms in total. The first kappa shape index (κ1) is 13.6. The largest absolute Gasteiger partial charge is 0.325 e. The van der Waals surface area contributed by atoms with E-state index in [1.165, 1.54) is 32.9 Å². The summed E-state index contributed by atoms with van der Waals surface area (Å²) in [6, 6.07) is 2.67. The number of carbonyl (C=O) groups excluding carboxylic acids is 2. The number of amides is 2. The van der Waals surface area contributed by atoms with E-state index < -0.39 is 4.92 Å². The van der Waals surface area contributed by atoms with Crippen molar-refractivity contribution >= 4 is 28.9 Å². The van der Waals surface area contributed by atoms with Gasteiger partial charge in [0, 0.05) is 19.9 Å². The Balaban J connectivity index is 3.35. The molecular weight excluding hydrogens is 238 g/mol. The van der Waals surface area contributed by atoms with E-state index in [9.17, 15) is 19.7 Å². The summed E-state index contributed by atoms with van der Waals surface area (Å²) < 4.78 is 0. The number of benzene rings is 1. The third kappa shape index (κ3) is 3.03. The fraction of sp³-hybridized carbons (Fsp3) is 0.273. The van der Waals surface area contributed by atoms with Crippen molar-refractivity contribution in [3.8, 4) is 0 Å². The van der Waals surface area contributed by atoms with Crippen molar-refractivity contribution in [1.82, 2.24) is 0 Å². The molecule has 0 radical (unpaired) electrons. The Morgan fingerprint density at radius 1 is 1.17 bits per heavy atom.